The molecule has 1 aliphatic carbocycles. The molecule has 122 valence electrons. The fourth-order valence-electron chi connectivity index (χ4n) is 3.59. The van der Waals surface area contributed by atoms with Gasteiger partial charge in [0.25, 0.3) is 0 Å². The van der Waals surface area contributed by atoms with Gasteiger partial charge in [0.2, 0.25) is 0 Å². The van der Waals surface area contributed by atoms with Crippen LogP contribution in [0.15, 0.2) is 18.2 Å². The Morgan fingerprint density at radius 1 is 1.26 bits per heavy atom. The van der Waals surface area contributed by atoms with Crippen molar-refractivity contribution >= 4 is 6.03 Å². The average Bonchev–Trinajstić information content (AvgIpc) is 2.61. The van der Waals surface area contributed by atoms with Crippen LogP contribution in [0, 0.1) is 17.2 Å². The van der Waals surface area contributed by atoms with Crippen molar-refractivity contribution in [2.75, 3.05) is 13.1 Å². The summed E-state index contributed by atoms with van der Waals surface area (Å²) in [5, 5.41) is 12.0. The van der Waals surface area contributed by atoms with E-state index >= 15 is 0 Å². The second-order valence-electron chi connectivity index (χ2n) is 6.80. The molecule has 23 heavy (non-hydrogen) atoms. The minimum atomic E-state index is -0.00777. The number of hydrogen-bond acceptors (Lipinski definition) is 2. The third-order valence-electron chi connectivity index (χ3n) is 5.18. The van der Waals surface area contributed by atoms with Gasteiger partial charge in [0.1, 0.15) is 0 Å². The number of carbonyl (C=O) groups excluding carboxylic acids is 1. The Morgan fingerprint density at radius 3 is 2.65 bits per heavy atom. The van der Waals surface area contributed by atoms with E-state index in [0.717, 1.165) is 19.3 Å². The van der Waals surface area contributed by atoms with Crippen LogP contribution in [0.4, 0.5) is 4.79 Å². The topological polar surface area (TPSA) is 56.1 Å². The second kappa shape index (κ2) is 7.04. The molecule has 0 saturated carbocycles. The minimum absolute atomic E-state index is 0.00777. The van der Waals surface area contributed by atoms with E-state index in [2.05, 4.69) is 29.6 Å². The van der Waals surface area contributed by atoms with Crippen LogP contribution < -0.4 is 5.32 Å². The molecule has 3 rings (SSSR count). The summed E-state index contributed by atoms with van der Waals surface area (Å²) >= 11 is 0. The van der Waals surface area contributed by atoms with Crippen LogP contribution in [0.5, 0.6) is 0 Å². The van der Waals surface area contributed by atoms with Crippen molar-refractivity contribution in [3.63, 3.8) is 0 Å². The van der Waals surface area contributed by atoms with Crippen LogP contribution in [0.3, 0.4) is 0 Å². The van der Waals surface area contributed by atoms with Crippen LogP contribution in [-0.4, -0.2) is 24.0 Å². The smallest absolute Gasteiger partial charge is 0.317 e. The zero-order chi connectivity index (χ0) is 16.2. The summed E-state index contributed by atoms with van der Waals surface area (Å²) in [6.45, 7) is 3.41. The first-order chi connectivity index (χ1) is 11.2. The van der Waals surface area contributed by atoms with Gasteiger partial charge in [-0.25, -0.2) is 4.79 Å². The number of nitrogens with zero attached hydrogens (tertiary/aromatic N) is 2. The van der Waals surface area contributed by atoms with E-state index in [1.165, 1.54) is 36.0 Å². The van der Waals surface area contributed by atoms with E-state index in [4.69, 9.17) is 5.26 Å². The summed E-state index contributed by atoms with van der Waals surface area (Å²) in [5.41, 5.74) is 4.10. The summed E-state index contributed by atoms with van der Waals surface area (Å²) in [6, 6.07) is 8.95. The standard InChI is InChI=1S/C19H25N3O/c1-14(17-7-6-16-4-2-3-5-18(16)12-17)21-19(23)22-10-8-15(13-20)9-11-22/h6-7,12,14-15H,2-5,8-11H2,1H3,(H,21,23)/t14-/m1/s1. The maximum atomic E-state index is 12.4. The third kappa shape index (κ3) is 3.67. The largest absolute Gasteiger partial charge is 0.331 e. The summed E-state index contributed by atoms with van der Waals surface area (Å²) in [4.78, 5) is 14.2. The fraction of sp³-hybridized carbons (Fsp3) is 0.579. The molecule has 1 aromatic rings. The van der Waals surface area contributed by atoms with Crippen LogP contribution in [0.1, 0.15) is 55.3 Å². The molecule has 0 aromatic heterocycles. The lowest BCUT2D eigenvalue weighted by Gasteiger charge is -2.30. The quantitative estimate of drug-likeness (QED) is 0.907. The normalized spacial score (nSPS) is 19.6. The van der Waals surface area contributed by atoms with Crippen LogP contribution >= 0.6 is 0 Å². The van der Waals surface area contributed by atoms with Gasteiger partial charge in [-0.2, -0.15) is 5.26 Å². The number of piperidine rings is 1. The lowest BCUT2D eigenvalue weighted by molar-refractivity contribution is 0.176. The highest BCUT2D eigenvalue weighted by molar-refractivity contribution is 5.74. The van der Waals surface area contributed by atoms with Gasteiger partial charge in [0, 0.05) is 19.0 Å². The van der Waals surface area contributed by atoms with Crippen molar-refractivity contribution in [2.24, 2.45) is 5.92 Å². The maximum absolute atomic E-state index is 12.4. The van der Waals surface area contributed by atoms with Crippen molar-refractivity contribution in [1.29, 1.82) is 5.26 Å². The van der Waals surface area contributed by atoms with E-state index in [1.807, 2.05) is 11.8 Å². The molecule has 2 aliphatic rings. The number of amides is 2. The van der Waals surface area contributed by atoms with Gasteiger partial charge in [-0.1, -0.05) is 18.2 Å². The molecular formula is C19H25N3O. The molecule has 1 saturated heterocycles. The lowest BCUT2D eigenvalue weighted by Crippen LogP contribution is -2.45. The molecule has 1 aromatic carbocycles. The van der Waals surface area contributed by atoms with E-state index in [1.54, 1.807) is 0 Å². The zero-order valence-corrected chi connectivity index (χ0v) is 13.8. The number of nitrogens with one attached hydrogen (secondary N) is 1. The molecule has 1 aliphatic heterocycles. The number of hydrogen-bond donors (Lipinski definition) is 1. The number of carbonyl (C=O) groups is 1. The van der Waals surface area contributed by atoms with Crippen molar-refractivity contribution < 1.29 is 4.79 Å². The Balaban J connectivity index is 1.59. The zero-order valence-electron chi connectivity index (χ0n) is 13.8. The molecular weight excluding hydrogens is 286 g/mol. The third-order valence-corrected chi connectivity index (χ3v) is 5.18. The number of likely N-dealkylation sites (tertiary alicyclic amines) is 1. The van der Waals surface area contributed by atoms with Gasteiger partial charge in [0.05, 0.1) is 12.1 Å². The predicted molar refractivity (Wildman–Crippen MR) is 89.9 cm³/mol. The van der Waals surface area contributed by atoms with E-state index in [0.29, 0.717) is 13.1 Å². The predicted octanol–water partition coefficient (Wildman–Crippen LogP) is 3.57. The molecule has 0 unspecified atom stereocenters. The average molecular weight is 311 g/mol. The van der Waals surface area contributed by atoms with Gasteiger partial charge in [0.15, 0.2) is 0 Å². The highest BCUT2D eigenvalue weighted by Gasteiger charge is 2.23. The molecule has 0 spiro atoms. The fourth-order valence-corrected chi connectivity index (χ4v) is 3.59. The Kier molecular flexibility index (Phi) is 4.85. The van der Waals surface area contributed by atoms with Crippen molar-refractivity contribution in [2.45, 2.75) is 51.5 Å². The summed E-state index contributed by atoms with van der Waals surface area (Å²) < 4.78 is 0. The number of rotatable bonds is 2. The number of nitriles is 1. The van der Waals surface area contributed by atoms with Gasteiger partial charge in [-0.05, 0) is 62.1 Å². The lowest BCUT2D eigenvalue weighted by atomic mass is 9.89. The van der Waals surface area contributed by atoms with Gasteiger partial charge in [-0.3, -0.25) is 0 Å². The molecule has 4 heteroatoms. The minimum Gasteiger partial charge on any atom is -0.331 e. The molecule has 4 nitrogen and oxygen atoms in total. The van der Waals surface area contributed by atoms with E-state index in [9.17, 15) is 4.79 Å². The summed E-state index contributed by atoms with van der Waals surface area (Å²) in [7, 11) is 0. The number of aryl methyl sites for hydroxylation is 2. The van der Waals surface area contributed by atoms with E-state index < -0.39 is 0 Å². The van der Waals surface area contributed by atoms with Crippen LogP contribution in [-0.2, 0) is 12.8 Å². The first-order valence-electron chi connectivity index (χ1n) is 8.74. The summed E-state index contributed by atoms with van der Waals surface area (Å²) in [6.07, 6.45) is 6.48. The summed E-state index contributed by atoms with van der Waals surface area (Å²) in [5.74, 6) is 0.108. The van der Waals surface area contributed by atoms with Crippen molar-refractivity contribution in [3.05, 3.63) is 34.9 Å². The van der Waals surface area contributed by atoms with Crippen LogP contribution in [0.25, 0.3) is 0 Å². The Labute approximate surface area is 138 Å². The SMILES string of the molecule is C[C@@H](NC(=O)N1CCC(C#N)CC1)c1ccc2c(c1)CCCC2. The Hall–Kier alpha value is -2.02. The molecule has 1 fully saturated rings. The number of benzene rings is 1. The molecule has 0 radical (unpaired) electrons. The highest BCUT2D eigenvalue weighted by atomic mass is 16.2. The highest BCUT2D eigenvalue weighted by Crippen LogP contribution is 2.25. The van der Waals surface area contributed by atoms with Gasteiger partial charge >= 0.3 is 6.03 Å². The maximum Gasteiger partial charge on any atom is 0.317 e. The molecule has 0 bridgehead atoms. The van der Waals surface area contributed by atoms with Gasteiger partial charge in [-0.15, -0.1) is 0 Å². The number of fused-ring (bicyclic) bond motifs is 1. The monoisotopic (exact) mass is 311 g/mol. The van der Waals surface area contributed by atoms with Gasteiger partial charge < -0.3 is 10.2 Å². The van der Waals surface area contributed by atoms with E-state index in [-0.39, 0.29) is 18.0 Å². The molecule has 1 atom stereocenters. The molecule has 1 N–H and O–H groups in total. The molecule has 2 amide bonds. The molecule has 1 heterocycles. The second-order valence-corrected chi connectivity index (χ2v) is 6.80. The number of urea groups is 1. The first kappa shape index (κ1) is 15.9. The Morgan fingerprint density at radius 2 is 1.96 bits per heavy atom. The van der Waals surface area contributed by atoms with Crippen molar-refractivity contribution in [3.8, 4) is 6.07 Å². The van der Waals surface area contributed by atoms with Crippen molar-refractivity contribution in [1.82, 2.24) is 10.2 Å². The van der Waals surface area contributed by atoms with Crippen LogP contribution in [0.2, 0.25) is 0 Å². The first-order valence-corrected chi connectivity index (χ1v) is 8.74. The Bertz CT molecular complexity index is 612.